The average Bonchev–Trinajstić information content (AvgIpc) is 2.68. The van der Waals surface area contributed by atoms with Gasteiger partial charge in [-0.15, -0.1) is 0 Å². The van der Waals surface area contributed by atoms with Crippen molar-refractivity contribution in [1.29, 1.82) is 0 Å². The number of ether oxygens (including phenoxy) is 2. The first-order valence-electron chi connectivity index (χ1n) is 9.02. The van der Waals surface area contributed by atoms with Gasteiger partial charge in [-0.3, -0.25) is 0 Å². The lowest BCUT2D eigenvalue weighted by molar-refractivity contribution is 0.277. The molecule has 0 aromatic heterocycles. The van der Waals surface area contributed by atoms with Gasteiger partial charge in [0.1, 0.15) is 12.4 Å². The van der Waals surface area contributed by atoms with Crippen LogP contribution in [0.25, 0.3) is 0 Å². The lowest BCUT2D eigenvalue weighted by Gasteiger charge is -2.17. The lowest BCUT2D eigenvalue weighted by Crippen LogP contribution is -2.06. The minimum Gasteiger partial charge on any atom is -0.493 e. The minimum absolute atomic E-state index is 0.0164. The Morgan fingerprint density at radius 1 is 1.00 bits per heavy atom. The summed E-state index contributed by atoms with van der Waals surface area (Å²) in [6.45, 7) is 4.72. The summed E-state index contributed by atoms with van der Waals surface area (Å²) in [7, 11) is 1.58. The summed E-state index contributed by atoms with van der Waals surface area (Å²) >= 11 is 6.11. The van der Waals surface area contributed by atoms with E-state index < -0.39 is 5.82 Å². The van der Waals surface area contributed by atoms with Crippen molar-refractivity contribution in [3.8, 4) is 11.5 Å². The first-order valence-corrected chi connectivity index (χ1v) is 9.40. The van der Waals surface area contributed by atoms with Crippen molar-refractivity contribution in [2.45, 2.75) is 27.0 Å². The fourth-order valence-corrected chi connectivity index (χ4v) is 3.11. The van der Waals surface area contributed by atoms with Crippen molar-refractivity contribution < 1.29 is 13.9 Å². The predicted octanol–water partition coefficient (Wildman–Crippen LogP) is 6.30. The third kappa shape index (κ3) is 4.57. The zero-order chi connectivity index (χ0) is 20.1. The maximum Gasteiger partial charge on any atom is 0.166 e. The number of benzene rings is 3. The van der Waals surface area contributed by atoms with Gasteiger partial charge in [0.05, 0.1) is 12.1 Å². The van der Waals surface area contributed by atoms with Crippen molar-refractivity contribution in [1.82, 2.24) is 0 Å². The summed E-state index contributed by atoms with van der Waals surface area (Å²) in [5.41, 5.74) is 4.72. The molecule has 0 amide bonds. The normalized spacial score (nSPS) is 10.6. The number of methoxy groups -OCH3 is 1. The summed E-state index contributed by atoms with van der Waals surface area (Å²) in [4.78, 5) is 0. The molecule has 0 aliphatic heterocycles. The second kappa shape index (κ2) is 8.98. The van der Waals surface area contributed by atoms with Gasteiger partial charge in [0.2, 0.25) is 0 Å². The first kappa shape index (κ1) is 20.0. The number of hydrogen-bond donors (Lipinski definition) is 1. The van der Waals surface area contributed by atoms with E-state index in [1.165, 1.54) is 17.2 Å². The van der Waals surface area contributed by atoms with Crippen LogP contribution >= 0.6 is 11.6 Å². The SMILES string of the molecule is COc1cccc(CNc2ccc(C)c(C)c2)c1OCc1c(F)cccc1Cl. The van der Waals surface area contributed by atoms with Crippen LogP contribution in [0.15, 0.2) is 54.6 Å². The Morgan fingerprint density at radius 3 is 2.50 bits per heavy atom. The summed E-state index contributed by atoms with van der Waals surface area (Å²) in [5, 5.41) is 3.74. The standard InChI is InChI=1S/C23H23ClFNO2/c1-15-10-11-18(12-16(15)2)26-13-17-6-4-9-22(27-3)23(17)28-14-19-20(24)7-5-8-21(19)25/h4-12,26H,13-14H2,1-3H3. The molecule has 3 rings (SSSR count). The zero-order valence-corrected chi connectivity index (χ0v) is 16.9. The van der Waals surface area contributed by atoms with E-state index in [0.29, 0.717) is 28.6 Å². The third-order valence-electron chi connectivity index (χ3n) is 4.69. The van der Waals surface area contributed by atoms with Crippen molar-refractivity contribution in [3.63, 3.8) is 0 Å². The number of rotatable bonds is 7. The average molecular weight is 400 g/mol. The highest BCUT2D eigenvalue weighted by molar-refractivity contribution is 6.31. The molecule has 0 saturated heterocycles. The molecule has 0 heterocycles. The summed E-state index contributed by atoms with van der Waals surface area (Å²) in [6, 6.07) is 16.5. The summed E-state index contributed by atoms with van der Waals surface area (Å²) in [5.74, 6) is 0.768. The van der Waals surface area contributed by atoms with Crippen LogP contribution in [0, 0.1) is 19.7 Å². The Bertz CT molecular complexity index is 955. The van der Waals surface area contributed by atoms with Gasteiger partial charge in [0.15, 0.2) is 11.5 Å². The molecule has 0 atom stereocenters. The molecule has 0 aliphatic rings. The van der Waals surface area contributed by atoms with Crippen LogP contribution in [0.5, 0.6) is 11.5 Å². The predicted molar refractivity (Wildman–Crippen MR) is 112 cm³/mol. The van der Waals surface area contributed by atoms with Crippen LogP contribution in [0.4, 0.5) is 10.1 Å². The quantitative estimate of drug-likeness (QED) is 0.506. The fraction of sp³-hybridized carbons (Fsp3) is 0.217. The molecule has 0 fully saturated rings. The van der Waals surface area contributed by atoms with Crippen molar-refractivity contribution >= 4 is 17.3 Å². The highest BCUT2D eigenvalue weighted by atomic mass is 35.5. The molecule has 28 heavy (non-hydrogen) atoms. The molecule has 146 valence electrons. The molecule has 0 unspecified atom stereocenters. The van der Waals surface area contributed by atoms with Crippen LogP contribution < -0.4 is 14.8 Å². The van der Waals surface area contributed by atoms with Gasteiger partial charge in [-0.1, -0.05) is 35.9 Å². The second-order valence-electron chi connectivity index (χ2n) is 6.59. The Balaban J connectivity index is 1.81. The van der Waals surface area contributed by atoms with Crippen LogP contribution in [0.1, 0.15) is 22.3 Å². The molecule has 3 nitrogen and oxygen atoms in total. The van der Waals surface area contributed by atoms with E-state index in [9.17, 15) is 4.39 Å². The van der Waals surface area contributed by atoms with Crippen molar-refractivity contribution in [2.75, 3.05) is 12.4 Å². The van der Waals surface area contributed by atoms with E-state index in [1.807, 2.05) is 24.3 Å². The van der Waals surface area contributed by atoms with Crippen molar-refractivity contribution in [2.24, 2.45) is 0 Å². The molecule has 3 aromatic rings. The van der Waals surface area contributed by atoms with E-state index in [2.05, 4.69) is 31.3 Å². The third-order valence-corrected chi connectivity index (χ3v) is 5.05. The van der Waals surface area contributed by atoms with Crippen LogP contribution in [0.3, 0.4) is 0 Å². The number of halogens is 2. The van der Waals surface area contributed by atoms with Gasteiger partial charge >= 0.3 is 0 Å². The largest absolute Gasteiger partial charge is 0.493 e. The zero-order valence-electron chi connectivity index (χ0n) is 16.2. The summed E-state index contributed by atoms with van der Waals surface area (Å²) in [6.07, 6.45) is 0. The lowest BCUT2D eigenvalue weighted by atomic mass is 10.1. The topological polar surface area (TPSA) is 30.5 Å². The monoisotopic (exact) mass is 399 g/mol. The van der Waals surface area contributed by atoms with Gasteiger partial charge in [-0.25, -0.2) is 4.39 Å². The number of hydrogen-bond acceptors (Lipinski definition) is 3. The van der Waals surface area contributed by atoms with Gasteiger partial charge in [0, 0.05) is 23.4 Å². The molecule has 0 radical (unpaired) electrons. The minimum atomic E-state index is -0.391. The second-order valence-corrected chi connectivity index (χ2v) is 7.00. The maximum absolute atomic E-state index is 14.1. The molecule has 1 N–H and O–H groups in total. The molecular weight excluding hydrogens is 377 g/mol. The van der Waals surface area contributed by atoms with E-state index >= 15 is 0 Å². The highest BCUT2D eigenvalue weighted by Gasteiger charge is 2.14. The van der Waals surface area contributed by atoms with Gasteiger partial charge in [-0.2, -0.15) is 0 Å². The molecular formula is C23H23ClFNO2. The first-order chi connectivity index (χ1) is 13.5. The summed E-state index contributed by atoms with van der Waals surface area (Å²) < 4.78 is 25.5. The number of para-hydroxylation sites is 1. The van der Waals surface area contributed by atoms with Crippen LogP contribution in [-0.2, 0) is 13.2 Å². The maximum atomic E-state index is 14.1. The Kier molecular flexibility index (Phi) is 6.42. The molecule has 0 saturated carbocycles. The molecule has 0 aliphatic carbocycles. The number of nitrogens with one attached hydrogen (secondary N) is 1. The van der Waals surface area contributed by atoms with Crippen LogP contribution in [-0.4, -0.2) is 7.11 Å². The van der Waals surface area contributed by atoms with Gasteiger partial charge < -0.3 is 14.8 Å². The fourth-order valence-electron chi connectivity index (χ4n) is 2.89. The van der Waals surface area contributed by atoms with Gasteiger partial charge in [0.25, 0.3) is 0 Å². The molecule has 0 bridgehead atoms. The van der Waals surface area contributed by atoms with E-state index in [4.69, 9.17) is 21.1 Å². The van der Waals surface area contributed by atoms with Crippen molar-refractivity contribution in [3.05, 3.63) is 87.7 Å². The Morgan fingerprint density at radius 2 is 1.79 bits per heavy atom. The molecule has 0 spiro atoms. The Hall–Kier alpha value is -2.72. The molecule has 5 heteroatoms. The van der Waals surface area contributed by atoms with Gasteiger partial charge in [-0.05, 0) is 55.3 Å². The molecule has 3 aromatic carbocycles. The number of aryl methyl sites for hydroxylation is 2. The number of anilines is 1. The highest BCUT2D eigenvalue weighted by Crippen LogP contribution is 2.33. The van der Waals surface area contributed by atoms with E-state index in [1.54, 1.807) is 19.2 Å². The van der Waals surface area contributed by atoms with E-state index in [0.717, 1.165) is 11.3 Å². The van der Waals surface area contributed by atoms with E-state index in [-0.39, 0.29) is 6.61 Å². The van der Waals surface area contributed by atoms with Crippen LogP contribution in [0.2, 0.25) is 5.02 Å². The Labute approximate surface area is 170 Å². The smallest absolute Gasteiger partial charge is 0.166 e.